The van der Waals surface area contributed by atoms with E-state index >= 15 is 0 Å². The molecular formula is C22H22BrClN2O5. The molecule has 0 spiro atoms. The number of carboxylic acids is 1. The molecule has 0 bridgehead atoms. The van der Waals surface area contributed by atoms with Gasteiger partial charge in [0.1, 0.15) is 18.7 Å². The maximum Gasteiger partial charge on any atom is 0.410 e. The first kappa shape index (κ1) is 23.1. The Morgan fingerprint density at radius 3 is 2.68 bits per heavy atom. The molecule has 164 valence electrons. The van der Waals surface area contributed by atoms with E-state index in [0.717, 1.165) is 5.56 Å². The van der Waals surface area contributed by atoms with Gasteiger partial charge in [-0.2, -0.15) is 0 Å². The summed E-state index contributed by atoms with van der Waals surface area (Å²) < 4.78 is 6.04. The molecule has 2 aromatic carbocycles. The molecule has 2 atom stereocenters. The predicted octanol–water partition coefficient (Wildman–Crippen LogP) is 4.02. The number of carboxylic acid groups (broad SMARTS) is 1. The number of halogens is 2. The van der Waals surface area contributed by atoms with Gasteiger partial charge in [-0.25, -0.2) is 9.59 Å². The van der Waals surface area contributed by atoms with Crippen molar-refractivity contribution in [3.63, 3.8) is 0 Å². The summed E-state index contributed by atoms with van der Waals surface area (Å²) >= 11 is 9.38. The molecule has 1 aliphatic rings. The van der Waals surface area contributed by atoms with Crippen molar-refractivity contribution >= 4 is 45.5 Å². The molecule has 2 N–H and O–H groups in total. The number of hydrogen-bond donors (Lipinski definition) is 2. The van der Waals surface area contributed by atoms with Crippen LogP contribution in [0.2, 0.25) is 5.02 Å². The smallest absolute Gasteiger partial charge is 0.410 e. The molecule has 1 aliphatic heterocycles. The second-order valence-electron chi connectivity index (χ2n) is 7.23. The number of ether oxygens (including phenoxy) is 1. The lowest BCUT2D eigenvalue weighted by Crippen LogP contribution is -2.51. The molecule has 0 radical (unpaired) electrons. The fourth-order valence-corrected chi connectivity index (χ4v) is 4.05. The minimum Gasteiger partial charge on any atom is -0.480 e. The van der Waals surface area contributed by atoms with Crippen LogP contribution in [-0.2, 0) is 27.4 Å². The Morgan fingerprint density at radius 1 is 1.23 bits per heavy atom. The van der Waals surface area contributed by atoms with E-state index in [-0.39, 0.29) is 13.0 Å². The first-order valence-electron chi connectivity index (χ1n) is 9.79. The van der Waals surface area contributed by atoms with E-state index in [2.05, 4.69) is 21.2 Å². The molecule has 0 aliphatic carbocycles. The number of hydrogen-bond acceptors (Lipinski definition) is 4. The number of benzene rings is 2. The first-order chi connectivity index (χ1) is 14.8. The summed E-state index contributed by atoms with van der Waals surface area (Å²) in [5.74, 6) is -1.68. The highest BCUT2D eigenvalue weighted by molar-refractivity contribution is 9.10. The number of nitrogens with zero attached hydrogens (tertiary/aromatic N) is 1. The van der Waals surface area contributed by atoms with Crippen molar-refractivity contribution in [1.82, 2.24) is 10.2 Å². The highest BCUT2D eigenvalue weighted by Gasteiger charge is 2.36. The summed E-state index contributed by atoms with van der Waals surface area (Å²) in [6.07, 6.45) is 0.536. The Kier molecular flexibility index (Phi) is 7.92. The van der Waals surface area contributed by atoms with E-state index in [4.69, 9.17) is 16.3 Å². The van der Waals surface area contributed by atoms with Crippen LogP contribution in [-0.4, -0.2) is 46.6 Å². The number of nitrogens with one attached hydrogen (secondary N) is 1. The molecule has 7 nitrogen and oxygen atoms in total. The molecule has 9 heteroatoms. The summed E-state index contributed by atoms with van der Waals surface area (Å²) in [6, 6.07) is 12.4. The van der Waals surface area contributed by atoms with Gasteiger partial charge in [-0.15, -0.1) is 0 Å². The molecule has 1 fully saturated rings. The lowest BCUT2D eigenvalue weighted by molar-refractivity contribution is -0.142. The quantitative estimate of drug-likeness (QED) is 0.588. The van der Waals surface area contributed by atoms with Crippen molar-refractivity contribution in [1.29, 1.82) is 0 Å². The second kappa shape index (κ2) is 10.6. The number of likely N-dealkylation sites (tertiary alicyclic amines) is 1. The Bertz CT molecular complexity index is 956. The normalized spacial score (nSPS) is 16.6. The van der Waals surface area contributed by atoms with Gasteiger partial charge < -0.3 is 15.2 Å². The molecule has 0 saturated carbocycles. The number of carbonyl (C=O) groups is 3. The van der Waals surface area contributed by atoms with Crippen LogP contribution in [0.5, 0.6) is 0 Å². The van der Waals surface area contributed by atoms with Gasteiger partial charge >= 0.3 is 12.1 Å². The highest BCUT2D eigenvalue weighted by atomic mass is 79.9. The lowest BCUT2D eigenvalue weighted by Gasteiger charge is -2.25. The molecule has 3 rings (SSSR count). The number of rotatable bonds is 7. The third-order valence-corrected chi connectivity index (χ3v) is 6.05. The predicted molar refractivity (Wildman–Crippen MR) is 119 cm³/mol. The van der Waals surface area contributed by atoms with Crippen molar-refractivity contribution < 1.29 is 24.2 Å². The number of carbonyl (C=O) groups excluding carboxylic acids is 2. The Labute approximate surface area is 193 Å². The third kappa shape index (κ3) is 6.21. The molecule has 2 aromatic rings. The van der Waals surface area contributed by atoms with Gasteiger partial charge in [0.25, 0.3) is 0 Å². The van der Waals surface area contributed by atoms with Crippen molar-refractivity contribution in [2.75, 3.05) is 6.54 Å². The Morgan fingerprint density at radius 2 is 1.97 bits per heavy atom. The Balaban J connectivity index is 1.63. The topological polar surface area (TPSA) is 95.9 Å². The summed E-state index contributed by atoms with van der Waals surface area (Å²) in [5.41, 5.74) is 1.50. The van der Waals surface area contributed by atoms with E-state index in [0.29, 0.717) is 34.4 Å². The monoisotopic (exact) mass is 508 g/mol. The van der Waals surface area contributed by atoms with Crippen LogP contribution in [0.1, 0.15) is 24.0 Å². The van der Waals surface area contributed by atoms with Gasteiger partial charge in [0.05, 0.1) is 0 Å². The van der Waals surface area contributed by atoms with E-state index < -0.39 is 30.1 Å². The van der Waals surface area contributed by atoms with Gasteiger partial charge in [-0.05, 0) is 42.2 Å². The second-order valence-corrected chi connectivity index (χ2v) is 8.52. The molecule has 1 saturated heterocycles. The van der Waals surface area contributed by atoms with E-state index in [1.54, 1.807) is 18.2 Å². The number of amides is 2. The number of aliphatic carboxylic acids is 1. The summed E-state index contributed by atoms with van der Waals surface area (Å²) in [6.45, 7) is 0.481. The molecule has 1 heterocycles. The minimum absolute atomic E-state index is 0.0490. The molecule has 0 unspecified atom stereocenters. The summed E-state index contributed by atoms with van der Waals surface area (Å²) in [7, 11) is 0. The van der Waals surface area contributed by atoms with E-state index in [1.807, 2.05) is 30.3 Å². The van der Waals surface area contributed by atoms with Crippen molar-refractivity contribution in [2.45, 2.75) is 38.0 Å². The van der Waals surface area contributed by atoms with Crippen LogP contribution in [0.3, 0.4) is 0 Å². The third-order valence-electron chi connectivity index (χ3n) is 5.04. The molecule has 2 amide bonds. The van der Waals surface area contributed by atoms with Crippen LogP contribution < -0.4 is 5.32 Å². The van der Waals surface area contributed by atoms with E-state index in [1.165, 1.54) is 4.90 Å². The fraction of sp³-hybridized carbons (Fsp3) is 0.318. The zero-order valence-corrected chi connectivity index (χ0v) is 18.9. The SMILES string of the molecule is O=C(N[C@H](Cc1cc(Cl)ccc1Br)C(=O)O)[C@H]1CCCN1C(=O)OCc1ccccc1. The van der Waals surface area contributed by atoms with Crippen LogP contribution in [0.25, 0.3) is 0 Å². The maximum atomic E-state index is 12.8. The highest BCUT2D eigenvalue weighted by Crippen LogP contribution is 2.23. The molecule has 31 heavy (non-hydrogen) atoms. The Hall–Kier alpha value is -2.58. The first-order valence-corrected chi connectivity index (χ1v) is 11.0. The van der Waals surface area contributed by atoms with Crippen molar-refractivity contribution in [2.24, 2.45) is 0 Å². The van der Waals surface area contributed by atoms with Crippen molar-refractivity contribution in [3.05, 3.63) is 69.2 Å². The van der Waals surface area contributed by atoms with Gasteiger partial charge in [0, 0.05) is 22.5 Å². The van der Waals surface area contributed by atoms with Crippen LogP contribution in [0, 0.1) is 0 Å². The van der Waals surface area contributed by atoms with Crippen LogP contribution in [0.15, 0.2) is 53.0 Å². The zero-order valence-electron chi connectivity index (χ0n) is 16.6. The lowest BCUT2D eigenvalue weighted by atomic mass is 10.1. The largest absolute Gasteiger partial charge is 0.480 e. The summed E-state index contributed by atoms with van der Waals surface area (Å²) in [4.78, 5) is 38.5. The van der Waals surface area contributed by atoms with Crippen LogP contribution >= 0.6 is 27.5 Å². The van der Waals surface area contributed by atoms with Crippen molar-refractivity contribution in [3.8, 4) is 0 Å². The fourth-order valence-electron chi connectivity index (χ4n) is 3.45. The van der Waals surface area contributed by atoms with Gasteiger partial charge in [0.15, 0.2) is 0 Å². The summed E-state index contributed by atoms with van der Waals surface area (Å²) in [5, 5.41) is 12.6. The van der Waals surface area contributed by atoms with Gasteiger partial charge in [-0.1, -0.05) is 57.9 Å². The maximum absolute atomic E-state index is 12.8. The molecular weight excluding hydrogens is 488 g/mol. The standard InChI is InChI=1S/C22H22BrClN2O5/c23-17-9-8-16(24)11-15(17)12-18(21(28)29)25-20(27)19-7-4-10-26(19)22(30)31-13-14-5-2-1-3-6-14/h1-3,5-6,8-9,11,18-19H,4,7,10,12-13H2,(H,25,27)(H,28,29)/t18-,19-/m1/s1. The zero-order chi connectivity index (χ0) is 22.4. The molecule has 0 aromatic heterocycles. The van der Waals surface area contributed by atoms with Gasteiger partial charge in [0.2, 0.25) is 5.91 Å². The van der Waals surface area contributed by atoms with Crippen LogP contribution in [0.4, 0.5) is 4.79 Å². The average molecular weight is 510 g/mol. The average Bonchev–Trinajstić information content (AvgIpc) is 3.25. The van der Waals surface area contributed by atoms with E-state index in [9.17, 15) is 19.5 Å². The van der Waals surface area contributed by atoms with Gasteiger partial charge in [-0.3, -0.25) is 9.69 Å². The minimum atomic E-state index is -1.17.